The SMILES string of the molecule is O=C(O)/C(=C\c1c[nH]c2ncccc12)c1c[nH]c2ccc(Br)cc12. The summed E-state index contributed by atoms with van der Waals surface area (Å²) in [5, 5.41) is 11.5. The number of carboxylic acids is 1. The first-order chi connectivity index (χ1) is 11.6. The number of rotatable bonds is 3. The molecule has 4 aromatic rings. The zero-order valence-corrected chi connectivity index (χ0v) is 14.0. The molecule has 0 fully saturated rings. The summed E-state index contributed by atoms with van der Waals surface area (Å²) in [6.07, 6.45) is 6.86. The molecule has 3 N–H and O–H groups in total. The van der Waals surface area contributed by atoms with Crippen molar-refractivity contribution in [2.24, 2.45) is 0 Å². The van der Waals surface area contributed by atoms with Crippen molar-refractivity contribution in [3.63, 3.8) is 0 Å². The highest BCUT2D eigenvalue weighted by atomic mass is 79.9. The Labute approximate surface area is 145 Å². The fourth-order valence-electron chi connectivity index (χ4n) is 2.82. The van der Waals surface area contributed by atoms with Crippen LogP contribution in [0.1, 0.15) is 11.1 Å². The van der Waals surface area contributed by atoms with Crippen molar-refractivity contribution in [1.82, 2.24) is 15.0 Å². The molecular formula is C18H12BrN3O2. The van der Waals surface area contributed by atoms with Gasteiger partial charge in [0.25, 0.3) is 0 Å². The van der Waals surface area contributed by atoms with Crippen LogP contribution in [0.25, 0.3) is 33.6 Å². The Kier molecular flexibility index (Phi) is 3.46. The third kappa shape index (κ3) is 2.41. The highest BCUT2D eigenvalue weighted by Crippen LogP contribution is 2.30. The molecule has 0 amide bonds. The first-order valence-corrected chi connectivity index (χ1v) is 8.07. The van der Waals surface area contributed by atoms with E-state index in [9.17, 15) is 9.90 Å². The smallest absolute Gasteiger partial charge is 0.336 e. The molecule has 6 heteroatoms. The molecule has 0 saturated heterocycles. The van der Waals surface area contributed by atoms with Crippen molar-refractivity contribution in [3.8, 4) is 0 Å². The summed E-state index contributed by atoms with van der Waals surface area (Å²) >= 11 is 3.44. The molecule has 0 bridgehead atoms. The number of hydrogen-bond acceptors (Lipinski definition) is 2. The number of pyridine rings is 1. The standard InChI is InChI=1S/C18H12BrN3O2/c19-11-3-4-16-13(7-11)15(9-21-16)14(18(23)24)6-10-8-22-17-12(10)2-1-5-20-17/h1-9,21H,(H,20,22)(H,23,24)/b14-6-. The van der Waals surface area contributed by atoms with E-state index in [1.165, 1.54) is 0 Å². The molecule has 118 valence electrons. The van der Waals surface area contributed by atoms with Crippen LogP contribution in [0.2, 0.25) is 0 Å². The minimum absolute atomic E-state index is 0.226. The number of aromatic nitrogens is 3. The molecule has 0 aliphatic heterocycles. The summed E-state index contributed by atoms with van der Waals surface area (Å²) in [6.45, 7) is 0. The number of nitrogens with zero attached hydrogens (tertiary/aromatic N) is 1. The first kappa shape index (κ1) is 14.7. The molecule has 3 aromatic heterocycles. The number of benzene rings is 1. The van der Waals surface area contributed by atoms with Crippen LogP contribution >= 0.6 is 15.9 Å². The second-order valence-corrected chi connectivity index (χ2v) is 6.31. The van der Waals surface area contributed by atoms with Crippen LogP contribution in [0.15, 0.2) is 53.4 Å². The van der Waals surface area contributed by atoms with Crippen molar-refractivity contribution in [3.05, 3.63) is 64.5 Å². The van der Waals surface area contributed by atoms with E-state index in [0.717, 1.165) is 32.0 Å². The van der Waals surface area contributed by atoms with Gasteiger partial charge in [0.15, 0.2) is 0 Å². The van der Waals surface area contributed by atoms with Gasteiger partial charge >= 0.3 is 5.97 Å². The van der Waals surface area contributed by atoms with Crippen molar-refractivity contribution in [2.45, 2.75) is 0 Å². The summed E-state index contributed by atoms with van der Waals surface area (Å²) in [7, 11) is 0. The maximum Gasteiger partial charge on any atom is 0.336 e. The van der Waals surface area contributed by atoms with Gasteiger partial charge in [0.1, 0.15) is 5.65 Å². The van der Waals surface area contributed by atoms with Gasteiger partial charge in [-0.25, -0.2) is 9.78 Å². The minimum Gasteiger partial charge on any atom is -0.478 e. The van der Waals surface area contributed by atoms with Crippen LogP contribution in [0, 0.1) is 0 Å². The molecule has 0 atom stereocenters. The molecule has 0 aliphatic carbocycles. The number of H-pyrrole nitrogens is 2. The number of halogens is 1. The largest absolute Gasteiger partial charge is 0.478 e. The van der Waals surface area contributed by atoms with E-state index in [4.69, 9.17) is 0 Å². The van der Waals surface area contributed by atoms with E-state index in [1.54, 1.807) is 24.7 Å². The summed E-state index contributed by atoms with van der Waals surface area (Å²) < 4.78 is 0.900. The average Bonchev–Trinajstić information content (AvgIpc) is 3.16. The van der Waals surface area contributed by atoms with E-state index >= 15 is 0 Å². The molecule has 0 saturated carbocycles. The van der Waals surface area contributed by atoms with Gasteiger partial charge in [-0.05, 0) is 36.4 Å². The number of aliphatic carboxylic acids is 1. The maximum atomic E-state index is 11.9. The fourth-order valence-corrected chi connectivity index (χ4v) is 3.18. The van der Waals surface area contributed by atoms with E-state index in [-0.39, 0.29) is 5.57 Å². The lowest BCUT2D eigenvalue weighted by atomic mass is 10.0. The number of fused-ring (bicyclic) bond motifs is 2. The van der Waals surface area contributed by atoms with E-state index in [1.807, 2.05) is 30.3 Å². The van der Waals surface area contributed by atoms with Crippen LogP contribution in [-0.2, 0) is 4.79 Å². The molecule has 5 nitrogen and oxygen atoms in total. The van der Waals surface area contributed by atoms with Gasteiger partial charge in [-0.3, -0.25) is 0 Å². The Bertz CT molecular complexity index is 1110. The highest BCUT2D eigenvalue weighted by molar-refractivity contribution is 9.10. The van der Waals surface area contributed by atoms with E-state index in [0.29, 0.717) is 5.56 Å². The van der Waals surface area contributed by atoms with Crippen LogP contribution in [-0.4, -0.2) is 26.0 Å². The number of nitrogens with one attached hydrogen (secondary N) is 2. The molecule has 3 heterocycles. The van der Waals surface area contributed by atoms with Gasteiger partial charge in [-0.15, -0.1) is 0 Å². The van der Waals surface area contributed by atoms with Crippen LogP contribution in [0.4, 0.5) is 0 Å². The second kappa shape index (κ2) is 5.65. The Morgan fingerprint density at radius 3 is 2.88 bits per heavy atom. The van der Waals surface area contributed by atoms with Crippen LogP contribution in [0.5, 0.6) is 0 Å². The molecule has 0 radical (unpaired) electrons. The lowest BCUT2D eigenvalue weighted by Crippen LogP contribution is -1.99. The number of carbonyl (C=O) groups is 1. The van der Waals surface area contributed by atoms with Crippen molar-refractivity contribution < 1.29 is 9.90 Å². The summed E-state index contributed by atoms with van der Waals surface area (Å²) in [5.74, 6) is -0.978. The molecule has 1 aromatic carbocycles. The molecule has 0 aliphatic rings. The third-order valence-corrected chi connectivity index (χ3v) is 4.44. The Balaban J connectivity index is 1.94. The second-order valence-electron chi connectivity index (χ2n) is 5.40. The number of aromatic amines is 2. The van der Waals surface area contributed by atoms with Crippen molar-refractivity contribution in [2.75, 3.05) is 0 Å². The summed E-state index contributed by atoms with van der Waals surface area (Å²) in [6, 6.07) is 9.48. The first-order valence-electron chi connectivity index (χ1n) is 7.27. The quantitative estimate of drug-likeness (QED) is 0.459. The average molecular weight is 382 g/mol. The molecule has 4 rings (SSSR count). The third-order valence-electron chi connectivity index (χ3n) is 3.95. The Morgan fingerprint density at radius 2 is 2.04 bits per heavy atom. The van der Waals surface area contributed by atoms with Gasteiger partial charge in [0.05, 0.1) is 5.57 Å². The zero-order valence-electron chi connectivity index (χ0n) is 12.4. The number of hydrogen-bond donors (Lipinski definition) is 3. The predicted octanol–water partition coefficient (Wildman–Crippen LogP) is 4.43. The summed E-state index contributed by atoms with van der Waals surface area (Å²) in [5.41, 5.74) is 3.29. The van der Waals surface area contributed by atoms with Crippen LogP contribution < -0.4 is 0 Å². The molecule has 24 heavy (non-hydrogen) atoms. The lowest BCUT2D eigenvalue weighted by molar-refractivity contribution is -0.130. The Morgan fingerprint density at radius 1 is 1.17 bits per heavy atom. The van der Waals surface area contributed by atoms with Gasteiger partial charge in [-0.2, -0.15) is 0 Å². The molecular weight excluding hydrogens is 370 g/mol. The Hall–Kier alpha value is -2.86. The van der Waals surface area contributed by atoms with Gasteiger partial charge in [0.2, 0.25) is 0 Å². The molecule has 0 unspecified atom stereocenters. The van der Waals surface area contributed by atoms with Gasteiger partial charge < -0.3 is 15.1 Å². The van der Waals surface area contributed by atoms with Gasteiger partial charge in [0, 0.05) is 50.5 Å². The van der Waals surface area contributed by atoms with Gasteiger partial charge in [-0.1, -0.05) is 15.9 Å². The van der Waals surface area contributed by atoms with Crippen molar-refractivity contribution >= 4 is 55.5 Å². The predicted molar refractivity (Wildman–Crippen MR) is 97.6 cm³/mol. The monoisotopic (exact) mass is 381 g/mol. The van der Waals surface area contributed by atoms with E-state index < -0.39 is 5.97 Å². The maximum absolute atomic E-state index is 11.9. The normalized spacial score (nSPS) is 12.1. The van der Waals surface area contributed by atoms with Crippen LogP contribution in [0.3, 0.4) is 0 Å². The van der Waals surface area contributed by atoms with Crippen molar-refractivity contribution in [1.29, 1.82) is 0 Å². The minimum atomic E-state index is -0.978. The topological polar surface area (TPSA) is 81.8 Å². The lowest BCUT2D eigenvalue weighted by Gasteiger charge is -2.02. The summed E-state index contributed by atoms with van der Waals surface area (Å²) in [4.78, 5) is 22.3. The number of carboxylic acid groups (broad SMARTS) is 1. The molecule has 0 spiro atoms. The fraction of sp³-hybridized carbons (Fsp3) is 0. The zero-order chi connectivity index (χ0) is 16.7. The highest BCUT2D eigenvalue weighted by Gasteiger charge is 2.16. The van der Waals surface area contributed by atoms with E-state index in [2.05, 4.69) is 30.9 Å².